The van der Waals surface area contributed by atoms with Crippen LogP contribution in [0.1, 0.15) is 42.3 Å². The highest BCUT2D eigenvalue weighted by Crippen LogP contribution is 2.35. The molecule has 5 nitrogen and oxygen atoms in total. The van der Waals surface area contributed by atoms with Crippen molar-refractivity contribution in [2.24, 2.45) is 0 Å². The second kappa shape index (κ2) is 7.99. The van der Waals surface area contributed by atoms with E-state index in [1.165, 1.54) is 36.3 Å². The smallest absolute Gasteiger partial charge is 0.314 e. The molecule has 0 bridgehead atoms. The van der Waals surface area contributed by atoms with Crippen molar-refractivity contribution in [3.05, 3.63) is 53.6 Å². The van der Waals surface area contributed by atoms with Gasteiger partial charge in [0.25, 0.3) is 0 Å². The summed E-state index contributed by atoms with van der Waals surface area (Å²) in [6.07, 6.45) is 6.57. The number of rotatable bonds is 7. The van der Waals surface area contributed by atoms with Gasteiger partial charge < -0.3 is 15.2 Å². The summed E-state index contributed by atoms with van der Waals surface area (Å²) in [5, 5.41) is 5.85. The Labute approximate surface area is 143 Å². The van der Waals surface area contributed by atoms with Gasteiger partial charge in [-0.15, -0.1) is 0 Å². The van der Waals surface area contributed by atoms with E-state index in [0.29, 0.717) is 19.0 Å². The van der Waals surface area contributed by atoms with Gasteiger partial charge in [0.2, 0.25) is 0 Å². The van der Waals surface area contributed by atoms with Gasteiger partial charge in [0.1, 0.15) is 5.82 Å². The average molecular weight is 326 g/mol. The van der Waals surface area contributed by atoms with E-state index in [1.54, 1.807) is 0 Å². The molecule has 1 aliphatic carbocycles. The number of benzene rings is 1. The van der Waals surface area contributed by atoms with Crippen LogP contribution in [0.2, 0.25) is 0 Å². The van der Waals surface area contributed by atoms with Gasteiger partial charge in [-0.3, -0.25) is 0 Å². The SMILES string of the molecule is Cc1cnc(C2CCC2)n1CCNC(=O)NCCc1ccccc1. The first-order valence-corrected chi connectivity index (χ1v) is 8.81. The van der Waals surface area contributed by atoms with Crippen LogP contribution in [0.5, 0.6) is 0 Å². The zero-order chi connectivity index (χ0) is 16.8. The highest BCUT2D eigenvalue weighted by atomic mass is 16.2. The maximum Gasteiger partial charge on any atom is 0.314 e. The number of aryl methyl sites for hydroxylation is 1. The predicted molar refractivity (Wildman–Crippen MR) is 95.1 cm³/mol. The molecule has 1 fully saturated rings. The molecule has 2 aromatic rings. The first-order chi connectivity index (χ1) is 11.7. The fraction of sp³-hybridized carbons (Fsp3) is 0.474. The molecule has 2 N–H and O–H groups in total. The van der Waals surface area contributed by atoms with Crippen LogP contribution in [-0.4, -0.2) is 28.7 Å². The third kappa shape index (κ3) is 4.16. The Bertz CT molecular complexity index is 661. The number of nitrogens with zero attached hydrogens (tertiary/aromatic N) is 2. The quantitative estimate of drug-likeness (QED) is 0.822. The van der Waals surface area contributed by atoms with Gasteiger partial charge in [0, 0.05) is 37.4 Å². The monoisotopic (exact) mass is 326 g/mol. The fourth-order valence-electron chi connectivity index (χ4n) is 3.07. The Morgan fingerprint density at radius 2 is 1.96 bits per heavy atom. The number of carbonyl (C=O) groups is 1. The van der Waals surface area contributed by atoms with Crippen LogP contribution in [0.15, 0.2) is 36.5 Å². The minimum absolute atomic E-state index is 0.103. The van der Waals surface area contributed by atoms with Gasteiger partial charge in [0.05, 0.1) is 0 Å². The van der Waals surface area contributed by atoms with Gasteiger partial charge in [-0.1, -0.05) is 36.8 Å². The number of amides is 2. The Hall–Kier alpha value is -2.30. The maximum absolute atomic E-state index is 11.9. The third-order valence-electron chi connectivity index (χ3n) is 4.72. The second-order valence-corrected chi connectivity index (χ2v) is 6.46. The molecule has 2 amide bonds. The topological polar surface area (TPSA) is 59.0 Å². The lowest BCUT2D eigenvalue weighted by atomic mass is 9.85. The molecule has 0 unspecified atom stereocenters. The predicted octanol–water partition coefficient (Wildman–Crippen LogP) is 3.00. The summed E-state index contributed by atoms with van der Waals surface area (Å²) < 4.78 is 2.24. The van der Waals surface area contributed by atoms with Crippen LogP contribution < -0.4 is 10.6 Å². The Kier molecular flexibility index (Phi) is 5.51. The van der Waals surface area contributed by atoms with E-state index in [-0.39, 0.29) is 6.03 Å². The van der Waals surface area contributed by atoms with Crippen LogP contribution >= 0.6 is 0 Å². The molecular formula is C19H26N4O. The maximum atomic E-state index is 11.9. The molecule has 3 rings (SSSR count). The van der Waals surface area contributed by atoms with Crippen molar-refractivity contribution in [1.29, 1.82) is 0 Å². The van der Waals surface area contributed by atoms with Crippen molar-refractivity contribution in [1.82, 2.24) is 20.2 Å². The molecular weight excluding hydrogens is 300 g/mol. The number of nitrogens with one attached hydrogen (secondary N) is 2. The Morgan fingerprint density at radius 1 is 1.21 bits per heavy atom. The second-order valence-electron chi connectivity index (χ2n) is 6.46. The van der Waals surface area contributed by atoms with Gasteiger partial charge in [-0.25, -0.2) is 9.78 Å². The molecule has 0 radical (unpaired) electrons. The summed E-state index contributed by atoms with van der Waals surface area (Å²) in [5.74, 6) is 1.79. The molecule has 1 heterocycles. The highest BCUT2D eigenvalue weighted by molar-refractivity contribution is 5.73. The average Bonchev–Trinajstić information content (AvgIpc) is 2.88. The summed E-state index contributed by atoms with van der Waals surface area (Å²) >= 11 is 0. The van der Waals surface area contributed by atoms with Crippen LogP contribution in [0.3, 0.4) is 0 Å². The summed E-state index contributed by atoms with van der Waals surface area (Å²) in [4.78, 5) is 16.4. The van der Waals surface area contributed by atoms with E-state index in [9.17, 15) is 4.79 Å². The molecule has 24 heavy (non-hydrogen) atoms. The molecule has 0 saturated heterocycles. The number of hydrogen-bond acceptors (Lipinski definition) is 2. The van der Waals surface area contributed by atoms with Crippen molar-refractivity contribution in [3.63, 3.8) is 0 Å². The van der Waals surface area contributed by atoms with Crippen LogP contribution in [-0.2, 0) is 13.0 Å². The number of carbonyl (C=O) groups excluding carboxylic acids is 1. The van der Waals surface area contributed by atoms with E-state index >= 15 is 0 Å². The number of hydrogen-bond donors (Lipinski definition) is 2. The number of imidazole rings is 1. The van der Waals surface area contributed by atoms with Crippen molar-refractivity contribution in [2.75, 3.05) is 13.1 Å². The largest absolute Gasteiger partial charge is 0.338 e. The zero-order valence-electron chi connectivity index (χ0n) is 14.3. The van der Waals surface area contributed by atoms with E-state index in [2.05, 4.69) is 39.2 Å². The number of urea groups is 1. The molecule has 5 heteroatoms. The van der Waals surface area contributed by atoms with Crippen LogP contribution in [0.4, 0.5) is 4.79 Å². The van der Waals surface area contributed by atoms with E-state index in [4.69, 9.17) is 0 Å². The third-order valence-corrected chi connectivity index (χ3v) is 4.72. The standard InChI is InChI=1S/C19H26N4O/c1-15-14-22-18(17-8-5-9-17)23(15)13-12-21-19(24)20-11-10-16-6-3-2-4-7-16/h2-4,6-7,14,17H,5,8-13H2,1H3,(H2,20,21,24). The lowest BCUT2D eigenvalue weighted by Crippen LogP contribution is -2.38. The fourth-order valence-corrected chi connectivity index (χ4v) is 3.07. The molecule has 0 aliphatic heterocycles. The summed E-state index contributed by atoms with van der Waals surface area (Å²) in [5.41, 5.74) is 2.40. The molecule has 128 valence electrons. The summed E-state index contributed by atoms with van der Waals surface area (Å²) in [6.45, 7) is 4.13. The molecule has 1 aromatic heterocycles. The summed E-state index contributed by atoms with van der Waals surface area (Å²) in [7, 11) is 0. The summed E-state index contributed by atoms with van der Waals surface area (Å²) in [6, 6.07) is 10.1. The van der Waals surface area contributed by atoms with Gasteiger partial charge in [-0.2, -0.15) is 0 Å². The normalized spacial score (nSPS) is 14.2. The van der Waals surface area contributed by atoms with E-state index < -0.39 is 0 Å². The lowest BCUT2D eigenvalue weighted by molar-refractivity contribution is 0.240. The van der Waals surface area contributed by atoms with Crippen molar-refractivity contribution in [2.45, 2.75) is 45.1 Å². The van der Waals surface area contributed by atoms with E-state index in [0.717, 1.165) is 13.0 Å². The van der Waals surface area contributed by atoms with Gasteiger partial charge in [0.15, 0.2) is 0 Å². The first kappa shape index (κ1) is 16.6. The Morgan fingerprint density at radius 3 is 2.67 bits per heavy atom. The van der Waals surface area contributed by atoms with Gasteiger partial charge in [-0.05, 0) is 31.7 Å². The minimum Gasteiger partial charge on any atom is -0.338 e. The lowest BCUT2D eigenvalue weighted by Gasteiger charge is -2.26. The van der Waals surface area contributed by atoms with Gasteiger partial charge >= 0.3 is 6.03 Å². The highest BCUT2D eigenvalue weighted by Gasteiger charge is 2.24. The zero-order valence-corrected chi connectivity index (χ0v) is 14.3. The van der Waals surface area contributed by atoms with Crippen LogP contribution in [0.25, 0.3) is 0 Å². The van der Waals surface area contributed by atoms with E-state index in [1.807, 2.05) is 24.4 Å². The van der Waals surface area contributed by atoms with Crippen LogP contribution in [0, 0.1) is 6.92 Å². The molecule has 1 saturated carbocycles. The minimum atomic E-state index is -0.103. The molecule has 1 aliphatic rings. The van der Waals surface area contributed by atoms with Crippen molar-refractivity contribution < 1.29 is 4.79 Å². The van der Waals surface area contributed by atoms with Crippen molar-refractivity contribution in [3.8, 4) is 0 Å². The molecule has 1 aromatic carbocycles. The van der Waals surface area contributed by atoms with Crippen molar-refractivity contribution >= 4 is 6.03 Å². The molecule has 0 atom stereocenters. The Balaban J connectivity index is 1.38. The molecule has 0 spiro atoms. The number of aromatic nitrogens is 2. The first-order valence-electron chi connectivity index (χ1n) is 8.81.